The van der Waals surface area contributed by atoms with Crippen molar-refractivity contribution in [2.24, 2.45) is 12.5 Å². The highest BCUT2D eigenvalue weighted by Crippen LogP contribution is 2.37. The summed E-state index contributed by atoms with van der Waals surface area (Å²) in [5, 5.41) is 8.93. The Bertz CT molecular complexity index is 715. The molecule has 2 aliphatic rings. The van der Waals surface area contributed by atoms with Crippen LogP contribution in [0, 0.1) is 5.41 Å². The molecule has 2 saturated heterocycles. The van der Waals surface area contributed by atoms with E-state index in [9.17, 15) is 4.79 Å². The predicted molar refractivity (Wildman–Crippen MR) is 85.8 cm³/mol. The maximum atomic E-state index is 12.9. The van der Waals surface area contributed by atoms with Gasteiger partial charge >= 0.3 is 0 Å². The average Bonchev–Trinajstić information content (AvgIpc) is 3.10. The Morgan fingerprint density at radius 1 is 1.32 bits per heavy atom. The van der Waals surface area contributed by atoms with Gasteiger partial charge in [-0.15, -0.1) is 0 Å². The topological polar surface area (TPSA) is 50.2 Å². The summed E-state index contributed by atoms with van der Waals surface area (Å²) in [5.41, 5.74) is 1.90. The van der Waals surface area contributed by atoms with Gasteiger partial charge in [0.2, 0.25) is 0 Å². The molecule has 0 aliphatic carbocycles. The molecule has 4 rings (SSSR count). The second-order valence-corrected chi connectivity index (χ2v) is 6.75. The van der Waals surface area contributed by atoms with Crippen LogP contribution < -0.4 is 5.32 Å². The van der Waals surface area contributed by atoms with Crippen molar-refractivity contribution < 1.29 is 4.79 Å². The summed E-state index contributed by atoms with van der Waals surface area (Å²) in [6.07, 6.45) is 3.55. The van der Waals surface area contributed by atoms with Gasteiger partial charge in [0.25, 0.3) is 5.91 Å². The molecule has 0 saturated carbocycles. The largest absolute Gasteiger partial charge is 0.337 e. The molecule has 1 atom stereocenters. The number of benzene rings is 1. The summed E-state index contributed by atoms with van der Waals surface area (Å²) in [6.45, 7) is 3.87. The van der Waals surface area contributed by atoms with Crippen molar-refractivity contribution >= 4 is 16.8 Å². The normalized spacial score (nSPS) is 25.2. The minimum absolute atomic E-state index is 0.0826. The number of hydrogen-bond acceptors (Lipinski definition) is 3. The van der Waals surface area contributed by atoms with Crippen molar-refractivity contribution in [2.75, 3.05) is 26.2 Å². The molecule has 2 fully saturated rings. The van der Waals surface area contributed by atoms with Crippen LogP contribution in [0.25, 0.3) is 10.9 Å². The van der Waals surface area contributed by atoms with Gasteiger partial charge in [0.15, 0.2) is 5.69 Å². The van der Waals surface area contributed by atoms with Gasteiger partial charge < -0.3 is 10.2 Å². The predicted octanol–water partition coefficient (Wildman–Crippen LogP) is 1.79. The summed E-state index contributed by atoms with van der Waals surface area (Å²) in [6, 6.07) is 7.95. The molecule has 1 N–H and O–H groups in total. The Labute approximate surface area is 130 Å². The number of carbonyl (C=O) groups is 1. The fourth-order valence-corrected chi connectivity index (χ4v) is 4.01. The number of amides is 1. The van der Waals surface area contributed by atoms with Crippen molar-refractivity contribution in [1.82, 2.24) is 20.0 Å². The lowest BCUT2D eigenvalue weighted by Gasteiger charge is -2.33. The van der Waals surface area contributed by atoms with Gasteiger partial charge in [0.1, 0.15) is 0 Å². The van der Waals surface area contributed by atoms with Gasteiger partial charge in [-0.05, 0) is 31.9 Å². The smallest absolute Gasteiger partial charge is 0.275 e. The van der Waals surface area contributed by atoms with Crippen molar-refractivity contribution in [2.45, 2.75) is 19.3 Å². The number of carbonyl (C=O) groups excluding carboxylic acids is 1. The third-order valence-electron chi connectivity index (χ3n) is 5.25. The molecular weight excluding hydrogens is 276 g/mol. The Morgan fingerprint density at radius 3 is 3.00 bits per heavy atom. The van der Waals surface area contributed by atoms with Gasteiger partial charge in [-0.1, -0.05) is 18.2 Å². The van der Waals surface area contributed by atoms with Gasteiger partial charge in [0, 0.05) is 37.5 Å². The first-order valence-electron chi connectivity index (χ1n) is 8.10. The molecule has 3 heterocycles. The van der Waals surface area contributed by atoms with E-state index in [2.05, 4.69) is 10.4 Å². The van der Waals surface area contributed by atoms with Crippen molar-refractivity contribution in [1.29, 1.82) is 0 Å². The van der Waals surface area contributed by atoms with E-state index in [-0.39, 0.29) is 5.91 Å². The monoisotopic (exact) mass is 298 g/mol. The number of piperidine rings is 1. The molecule has 116 valence electrons. The molecule has 1 aromatic heterocycles. The number of hydrogen-bond donors (Lipinski definition) is 1. The highest BCUT2D eigenvalue weighted by atomic mass is 16.2. The fraction of sp³-hybridized carbons (Fsp3) is 0.529. The van der Waals surface area contributed by atoms with Crippen LogP contribution in [-0.2, 0) is 7.05 Å². The van der Waals surface area contributed by atoms with Crippen molar-refractivity contribution in [3.8, 4) is 0 Å². The standard InChI is InChI=1S/C17H22N4O/c1-20-14-6-3-2-5-13(14)15(19-20)16(22)21-10-8-17(12-21)7-4-9-18-11-17/h2-3,5-6,18H,4,7-12H2,1H3. The van der Waals surface area contributed by atoms with E-state index in [1.54, 1.807) is 4.68 Å². The van der Waals surface area contributed by atoms with Crippen molar-refractivity contribution in [3.05, 3.63) is 30.0 Å². The maximum Gasteiger partial charge on any atom is 0.275 e. The van der Waals surface area contributed by atoms with Crippen LogP contribution in [0.3, 0.4) is 0 Å². The molecule has 1 spiro atoms. The van der Waals surface area contributed by atoms with E-state index in [0.717, 1.165) is 43.5 Å². The fourth-order valence-electron chi connectivity index (χ4n) is 4.01. The lowest BCUT2D eigenvalue weighted by molar-refractivity contribution is 0.0759. The van der Waals surface area contributed by atoms with Crippen LogP contribution in [-0.4, -0.2) is 46.8 Å². The van der Waals surface area contributed by atoms with Crippen LogP contribution in [0.4, 0.5) is 0 Å². The van der Waals surface area contributed by atoms with Gasteiger partial charge in [-0.2, -0.15) is 5.10 Å². The lowest BCUT2D eigenvalue weighted by Crippen LogP contribution is -2.42. The Hall–Kier alpha value is -1.88. The zero-order valence-electron chi connectivity index (χ0n) is 13.0. The summed E-state index contributed by atoms with van der Waals surface area (Å²) in [5.74, 6) is 0.0826. The van der Waals surface area contributed by atoms with Crippen LogP contribution in [0.1, 0.15) is 29.8 Å². The summed E-state index contributed by atoms with van der Waals surface area (Å²) in [4.78, 5) is 14.9. The number of nitrogens with zero attached hydrogens (tertiary/aromatic N) is 3. The van der Waals surface area contributed by atoms with E-state index >= 15 is 0 Å². The molecule has 1 aromatic carbocycles. The van der Waals surface area contributed by atoms with Crippen LogP contribution >= 0.6 is 0 Å². The molecule has 5 nitrogen and oxygen atoms in total. The maximum absolute atomic E-state index is 12.9. The quantitative estimate of drug-likeness (QED) is 0.873. The van der Waals surface area contributed by atoms with E-state index < -0.39 is 0 Å². The molecule has 2 aromatic rings. The third-order valence-corrected chi connectivity index (χ3v) is 5.25. The first-order chi connectivity index (χ1) is 10.7. The molecule has 22 heavy (non-hydrogen) atoms. The highest BCUT2D eigenvalue weighted by molar-refractivity contribution is 6.04. The summed E-state index contributed by atoms with van der Waals surface area (Å²) < 4.78 is 1.80. The van der Waals surface area contributed by atoms with E-state index in [1.807, 2.05) is 36.2 Å². The summed E-state index contributed by atoms with van der Waals surface area (Å²) >= 11 is 0. The molecule has 0 radical (unpaired) electrons. The van der Waals surface area contributed by atoms with Crippen LogP contribution in [0.5, 0.6) is 0 Å². The van der Waals surface area contributed by atoms with Gasteiger partial charge in [-0.25, -0.2) is 0 Å². The zero-order valence-corrected chi connectivity index (χ0v) is 13.0. The second-order valence-electron chi connectivity index (χ2n) is 6.75. The van der Waals surface area contributed by atoms with E-state index in [0.29, 0.717) is 11.1 Å². The number of nitrogens with one attached hydrogen (secondary N) is 1. The number of aryl methyl sites for hydroxylation is 1. The van der Waals surface area contributed by atoms with E-state index in [1.165, 1.54) is 12.8 Å². The molecule has 1 unspecified atom stereocenters. The second kappa shape index (κ2) is 5.09. The Morgan fingerprint density at radius 2 is 2.18 bits per heavy atom. The van der Waals surface area contributed by atoms with Crippen LogP contribution in [0.2, 0.25) is 0 Å². The first kappa shape index (κ1) is 13.8. The molecule has 5 heteroatoms. The molecule has 2 aliphatic heterocycles. The number of para-hydroxylation sites is 1. The lowest BCUT2D eigenvalue weighted by atomic mass is 9.80. The number of rotatable bonds is 1. The van der Waals surface area contributed by atoms with Gasteiger partial charge in [0.05, 0.1) is 5.52 Å². The highest BCUT2D eigenvalue weighted by Gasteiger charge is 2.41. The molecular formula is C17H22N4O. The number of fused-ring (bicyclic) bond motifs is 1. The molecule has 0 bridgehead atoms. The first-order valence-corrected chi connectivity index (χ1v) is 8.10. The number of likely N-dealkylation sites (tertiary alicyclic amines) is 1. The van der Waals surface area contributed by atoms with Gasteiger partial charge in [-0.3, -0.25) is 9.48 Å². The minimum Gasteiger partial charge on any atom is -0.337 e. The zero-order chi connectivity index (χ0) is 15.2. The van der Waals surface area contributed by atoms with Crippen LogP contribution in [0.15, 0.2) is 24.3 Å². The Balaban J connectivity index is 1.62. The van der Waals surface area contributed by atoms with Crippen molar-refractivity contribution in [3.63, 3.8) is 0 Å². The summed E-state index contributed by atoms with van der Waals surface area (Å²) in [7, 11) is 1.90. The average molecular weight is 298 g/mol. The Kier molecular flexibility index (Phi) is 3.18. The minimum atomic E-state index is 0.0826. The number of aromatic nitrogens is 2. The third kappa shape index (κ3) is 2.11. The molecule has 1 amide bonds. The van der Waals surface area contributed by atoms with E-state index in [4.69, 9.17) is 0 Å². The SMILES string of the molecule is Cn1nc(C(=O)N2CCC3(CCCNC3)C2)c2ccccc21.